The molecule has 0 bridgehead atoms. The lowest BCUT2D eigenvalue weighted by atomic mass is 9.97. The smallest absolute Gasteiger partial charge is 0.309 e. The molecule has 0 radical (unpaired) electrons. The third-order valence-corrected chi connectivity index (χ3v) is 4.07. The summed E-state index contributed by atoms with van der Waals surface area (Å²) in [6.45, 7) is 7.36. The minimum Gasteiger partial charge on any atom is -0.466 e. The fourth-order valence-corrected chi connectivity index (χ4v) is 2.76. The molecule has 2 heterocycles. The van der Waals surface area contributed by atoms with E-state index >= 15 is 0 Å². The number of nitrogens with zero attached hydrogens (tertiary/aromatic N) is 5. The third kappa shape index (κ3) is 4.43. The van der Waals surface area contributed by atoms with Crippen LogP contribution in [-0.2, 0) is 22.6 Å². The first-order valence-electron chi connectivity index (χ1n) is 8.18. The lowest BCUT2D eigenvalue weighted by Gasteiger charge is -2.33. The van der Waals surface area contributed by atoms with Gasteiger partial charge in [0.1, 0.15) is 6.33 Å². The van der Waals surface area contributed by atoms with E-state index in [1.165, 1.54) is 0 Å². The van der Waals surface area contributed by atoms with Crippen molar-refractivity contribution in [2.75, 3.05) is 26.7 Å². The first-order valence-corrected chi connectivity index (χ1v) is 8.18. The van der Waals surface area contributed by atoms with Crippen molar-refractivity contribution in [3.8, 4) is 0 Å². The molecule has 1 aliphatic rings. The first kappa shape index (κ1) is 17.2. The molecule has 0 aromatic carbocycles. The molecule has 0 unspecified atom stereocenters. The lowest BCUT2D eigenvalue weighted by Crippen LogP contribution is -2.46. The van der Waals surface area contributed by atoms with Crippen LogP contribution in [0.1, 0.15) is 32.5 Å². The number of aromatic nitrogens is 3. The van der Waals surface area contributed by atoms with Gasteiger partial charge in [0.25, 0.3) is 0 Å². The Kier molecular flexibility index (Phi) is 6.37. The number of rotatable bonds is 5. The summed E-state index contributed by atoms with van der Waals surface area (Å²) in [6.07, 6.45) is 3.32. The Hall–Kier alpha value is -2.12. The summed E-state index contributed by atoms with van der Waals surface area (Å²) in [6, 6.07) is 0. The van der Waals surface area contributed by atoms with Gasteiger partial charge in [-0.3, -0.25) is 9.79 Å². The van der Waals surface area contributed by atoms with Gasteiger partial charge in [-0.25, -0.2) is 0 Å². The monoisotopic (exact) mass is 322 g/mol. The Bertz CT molecular complexity index is 534. The molecular weight excluding hydrogens is 296 g/mol. The largest absolute Gasteiger partial charge is 0.466 e. The molecule has 8 heteroatoms. The standard InChI is InChI=1S/C15H26N6O2/c1-4-20-11-18-19-13(20)10-17-15(16-3)21-8-6-12(7-9-21)14(22)23-5-2/h11-12H,4-10H2,1-3H3,(H,16,17). The van der Waals surface area contributed by atoms with E-state index in [9.17, 15) is 4.79 Å². The SMILES string of the molecule is CCOC(=O)C1CCN(C(=NC)NCc2nncn2CC)CC1. The first-order chi connectivity index (χ1) is 11.2. The van der Waals surface area contributed by atoms with Crippen LogP contribution in [0.3, 0.4) is 0 Å². The van der Waals surface area contributed by atoms with Crippen LogP contribution in [0.2, 0.25) is 0 Å². The second kappa shape index (κ2) is 8.50. The molecule has 0 spiro atoms. The van der Waals surface area contributed by atoms with E-state index < -0.39 is 0 Å². The van der Waals surface area contributed by atoms with Crippen LogP contribution in [0.25, 0.3) is 0 Å². The maximum absolute atomic E-state index is 11.8. The van der Waals surface area contributed by atoms with Gasteiger partial charge < -0.3 is 19.5 Å². The molecule has 1 aromatic heterocycles. The highest BCUT2D eigenvalue weighted by Gasteiger charge is 2.27. The highest BCUT2D eigenvalue weighted by Crippen LogP contribution is 2.18. The summed E-state index contributed by atoms with van der Waals surface area (Å²) >= 11 is 0. The van der Waals surface area contributed by atoms with E-state index in [4.69, 9.17) is 4.74 Å². The molecular formula is C15H26N6O2. The van der Waals surface area contributed by atoms with Gasteiger partial charge in [0.15, 0.2) is 11.8 Å². The molecule has 1 fully saturated rings. The molecule has 0 saturated carbocycles. The number of hydrogen-bond acceptors (Lipinski definition) is 5. The predicted molar refractivity (Wildman–Crippen MR) is 86.8 cm³/mol. The number of likely N-dealkylation sites (tertiary alicyclic amines) is 1. The summed E-state index contributed by atoms with van der Waals surface area (Å²) < 4.78 is 7.10. The number of ether oxygens (including phenoxy) is 1. The number of guanidine groups is 1. The zero-order chi connectivity index (χ0) is 16.7. The quantitative estimate of drug-likeness (QED) is 0.487. The molecule has 1 N–H and O–H groups in total. The number of carbonyl (C=O) groups is 1. The van der Waals surface area contributed by atoms with Gasteiger partial charge in [0.2, 0.25) is 0 Å². The molecule has 1 saturated heterocycles. The number of aliphatic imine (C=N–C) groups is 1. The maximum Gasteiger partial charge on any atom is 0.309 e. The molecule has 8 nitrogen and oxygen atoms in total. The van der Waals surface area contributed by atoms with Crippen molar-refractivity contribution in [1.29, 1.82) is 0 Å². The summed E-state index contributed by atoms with van der Waals surface area (Å²) in [5.74, 6) is 1.65. The molecule has 0 atom stereocenters. The van der Waals surface area contributed by atoms with Gasteiger partial charge in [0.05, 0.1) is 19.1 Å². The van der Waals surface area contributed by atoms with E-state index in [0.29, 0.717) is 13.2 Å². The summed E-state index contributed by atoms with van der Waals surface area (Å²) in [5, 5.41) is 11.4. The van der Waals surface area contributed by atoms with Crippen LogP contribution in [0.5, 0.6) is 0 Å². The number of hydrogen-bond donors (Lipinski definition) is 1. The fourth-order valence-electron chi connectivity index (χ4n) is 2.76. The summed E-state index contributed by atoms with van der Waals surface area (Å²) in [4.78, 5) is 18.3. The van der Waals surface area contributed by atoms with Crippen LogP contribution in [-0.4, -0.2) is 58.3 Å². The highest BCUT2D eigenvalue weighted by atomic mass is 16.5. The fraction of sp³-hybridized carbons (Fsp3) is 0.733. The number of piperidine rings is 1. The molecule has 2 rings (SSSR count). The van der Waals surface area contributed by atoms with Gasteiger partial charge >= 0.3 is 5.97 Å². The lowest BCUT2D eigenvalue weighted by molar-refractivity contribution is -0.149. The van der Waals surface area contributed by atoms with Crippen LogP contribution >= 0.6 is 0 Å². The van der Waals surface area contributed by atoms with Crippen LogP contribution in [0.4, 0.5) is 0 Å². The van der Waals surface area contributed by atoms with Gasteiger partial charge in [-0.05, 0) is 26.7 Å². The van der Waals surface area contributed by atoms with E-state index in [0.717, 1.165) is 44.3 Å². The molecule has 1 aliphatic heterocycles. The van der Waals surface area contributed by atoms with Crippen molar-refractivity contribution in [1.82, 2.24) is 25.0 Å². The predicted octanol–water partition coefficient (Wildman–Crippen LogP) is 0.649. The third-order valence-electron chi connectivity index (χ3n) is 4.07. The van der Waals surface area contributed by atoms with Gasteiger partial charge in [0, 0.05) is 26.7 Å². The van der Waals surface area contributed by atoms with E-state index in [1.807, 2.05) is 11.5 Å². The average Bonchev–Trinajstić information content (AvgIpc) is 3.04. The summed E-state index contributed by atoms with van der Waals surface area (Å²) in [7, 11) is 1.77. The Morgan fingerprint density at radius 1 is 1.43 bits per heavy atom. The van der Waals surface area contributed by atoms with Crippen molar-refractivity contribution in [2.24, 2.45) is 10.9 Å². The van der Waals surface area contributed by atoms with Crippen molar-refractivity contribution in [3.63, 3.8) is 0 Å². The Morgan fingerprint density at radius 2 is 2.17 bits per heavy atom. The molecule has 23 heavy (non-hydrogen) atoms. The second-order valence-corrected chi connectivity index (χ2v) is 5.45. The second-order valence-electron chi connectivity index (χ2n) is 5.45. The van der Waals surface area contributed by atoms with Crippen molar-refractivity contribution in [2.45, 2.75) is 39.8 Å². The highest BCUT2D eigenvalue weighted by molar-refractivity contribution is 5.80. The minimum atomic E-state index is -0.0776. The zero-order valence-corrected chi connectivity index (χ0v) is 14.2. The normalized spacial score (nSPS) is 16.5. The van der Waals surface area contributed by atoms with Crippen molar-refractivity contribution < 1.29 is 9.53 Å². The Labute approximate surface area is 136 Å². The number of carbonyl (C=O) groups excluding carboxylic acids is 1. The van der Waals surface area contributed by atoms with Crippen LogP contribution in [0, 0.1) is 5.92 Å². The topological polar surface area (TPSA) is 84.6 Å². The Balaban J connectivity index is 1.84. The van der Waals surface area contributed by atoms with Gasteiger partial charge in [-0.1, -0.05) is 0 Å². The Morgan fingerprint density at radius 3 is 2.78 bits per heavy atom. The number of nitrogens with one attached hydrogen (secondary N) is 1. The average molecular weight is 322 g/mol. The van der Waals surface area contributed by atoms with Crippen molar-refractivity contribution in [3.05, 3.63) is 12.2 Å². The van der Waals surface area contributed by atoms with Gasteiger partial charge in [-0.2, -0.15) is 0 Å². The molecule has 0 aliphatic carbocycles. The number of aryl methyl sites for hydroxylation is 1. The minimum absolute atomic E-state index is 0.00694. The van der Waals surface area contributed by atoms with Crippen LogP contribution in [0.15, 0.2) is 11.3 Å². The van der Waals surface area contributed by atoms with Gasteiger partial charge in [-0.15, -0.1) is 10.2 Å². The van der Waals surface area contributed by atoms with Crippen molar-refractivity contribution >= 4 is 11.9 Å². The molecule has 1 aromatic rings. The van der Waals surface area contributed by atoms with E-state index in [2.05, 4.69) is 32.3 Å². The maximum atomic E-state index is 11.8. The summed E-state index contributed by atoms with van der Waals surface area (Å²) in [5.41, 5.74) is 0. The van der Waals surface area contributed by atoms with E-state index in [-0.39, 0.29) is 11.9 Å². The van der Waals surface area contributed by atoms with E-state index in [1.54, 1.807) is 13.4 Å². The van der Waals surface area contributed by atoms with Crippen LogP contribution < -0.4 is 5.32 Å². The zero-order valence-electron chi connectivity index (χ0n) is 14.2. The molecule has 0 amide bonds. The molecule has 128 valence electrons. The number of esters is 1.